The lowest BCUT2D eigenvalue weighted by Gasteiger charge is -2.10. The molecule has 0 spiro atoms. The maximum absolute atomic E-state index is 13.6. The predicted octanol–water partition coefficient (Wildman–Crippen LogP) is -0.132. The van der Waals surface area contributed by atoms with E-state index < -0.39 is 31.9 Å². The first-order chi connectivity index (χ1) is 10.5. The predicted molar refractivity (Wildman–Crippen MR) is 84.7 cm³/mol. The maximum atomic E-state index is 13.6. The summed E-state index contributed by atoms with van der Waals surface area (Å²) in [5.41, 5.74) is -0.143. The van der Waals surface area contributed by atoms with Gasteiger partial charge in [-0.15, -0.1) is 0 Å². The largest absolute Gasteiger partial charge is 0.337 e. The van der Waals surface area contributed by atoms with Gasteiger partial charge in [-0.2, -0.15) is 0 Å². The van der Waals surface area contributed by atoms with Crippen LogP contribution in [0.3, 0.4) is 0 Å². The van der Waals surface area contributed by atoms with Crippen LogP contribution >= 0.6 is 0 Å². The van der Waals surface area contributed by atoms with Crippen molar-refractivity contribution in [1.29, 1.82) is 0 Å². The number of urea groups is 1. The van der Waals surface area contributed by atoms with Gasteiger partial charge in [0, 0.05) is 13.1 Å². The number of carbonyl (C=O) groups is 1. The van der Waals surface area contributed by atoms with Gasteiger partial charge in [-0.05, 0) is 18.2 Å². The molecule has 2 amide bonds. The van der Waals surface area contributed by atoms with E-state index in [0.717, 1.165) is 24.6 Å². The van der Waals surface area contributed by atoms with Crippen LogP contribution in [0.25, 0.3) is 0 Å². The Bertz CT molecular complexity index is 780. The topological polar surface area (TPSA) is 133 Å². The molecule has 4 N–H and O–H groups in total. The summed E-state index contributed by atoms with van der Waals surface area (Å²) in [5, 5.41) is 4.51. The van der Waals surface area contributed by atoms with Crippen molar-refractivity contribution in [2.45, 2.75) is 0 Å². The summed E-state index contributed by atoms with van der Waals surface area (Å²) in [6.45, 7) is -0.0355. The number of benzene rings is 1. The van der Waals surface area contributed by atoms with Crippen LogP contribution in [0.5, 0.6) is 0 Å². The molecule has 0 unspecified atom stereocenters. The van der Waals surface area contributed by atoms with Gasteiger partial charge in [0.1, 0.15) is 5.82 Å². The fraction of sp³-hybridized carbons (Fsp3) is 0.364. The van der Waals surface area contributed by atoms with Gasteiger partial charge in [0.15, 0.2) is 0 Å². The Morgan fingerprint density at radius 3 is 2.30 bits per heavy atom. The number of carbonyl (C=O) groups excluding carboxylic acids is 1. The molecule has 0 fully saturated rings. The fourth-order valence-electron chi connectivity index (χ4n) is 1.48. The summed E-state index contributed by atoms with van der Waals surface area (Å²) < 4.78 is 61.8. The molecule has 0 aromatic heterocycles. The van der Waals surface area contributed by atoms with E-state index in [-0.39, 0.29) is 24.5 Å². The van der Waals surface area contributed by atoms with Crippen LogP contribution in [0, 0.1) is 5.82 Å². The molecular formula is C11H17FN4O5S2. The van der Waals surface area contributed by atoms with Crippen molar-refractivity contribution >= 4 is 37.5 Å². The van der Waals surface area contributed by atoms with Gasteiger partial charge < -0.3 is 10.6 Å². The third-order valence-corrected chi connectivity index (χ3v) is 3.63. The minimum Gasteiger partial charge on any atom is -0.337 e. The van der Waals surface area contributed by atoms with Gasteiger partial charge in [0.2, 0.25) is 20.0 Å². The van der Waals surface area contributed by atoms with Gasteiger partial charge in [-0.3, -0.25) is 4.72 Å². The van der Waals surface area contributed by atoms with Gasteiger partial charge >= 0.3 is 6.03 Å². The molecule has 0 saturated heterocycles. The Morgan fingerprint density at radius 2 is 1.74 bits per heavy atom. The first kappa shape index (κ1) is 19.1. The molecule has 0 aliphatic rings. The van der Waals surface area contributed by atoms with Crippen LogP contribution in [0.1, 0.15) is 0 Å². The van der Waals surface area contributed by atoms with Crippen molar-refractivity contribution < 1.29 is 26.0 Å². The summed E-state index contributed by atoms with van der Waals surface area (Å²) >= 11 is 0. The average molecular weight is 368 g/mol. The third kappa shape index (κ3) is 8.32. The van der Waals surface area contributed by atoms with Gasteiger partial charge in [0.05, 0.1) is 23.9 Å². The van der Waals surface area contributed by atoms with E-state index in [1.165, 1.54) is 6.07 Å². The van der Waals surface area contributed by atoms with Crippen LogP contribution in [0.4, 0.5) is 20.6 Å². The van der Waals surface area contributed by atoms with Crippen molar-refractivity contribution in [3.63, 3.8) is 0 Å². The molecule has 0 saturated carbocycles. The number of hydrogen-bond acceptors (Lipinski definition) is 5. The normalized spacial score (nSPS) is 11.8. The number of sulfonamides is 2. The highest BCUT2D eigenvalue weighted by Gasteiger charge is 2.10. The fourth-order valence-corrected chi connectivity index (χ4v) is 2.51. The Kier molecular flexibility index (Phi) is 6.29. The number of amides is 2. The third-order valence-electron chi connectivity index (χ3n) is 2.29. The van der Waals surface area contributed by atoms with Crippen molar-refractivity contribution in [3.05, 3.63) is 24.0 Å². The average Bonchev–Trinajstić information content (AvgIpc) is 2.36. The van der Waals surface area contributed by atoms with Crippen molar-refractivity contribution in [1.82, 2.24) is 10.0 Å². The lowest BCUT2D eigenvalue weighted by Crippen LogP contribution is -2.36. The lowest BCUT2D eigenvalue weighted by atomic mass is 10.2. The van der Waals surface area contributed by atoms with E-state index in [0.29, 0.717) is 0 Å². The molecule has 0 bridgehead atoms. The Hall–Kier alpha value is -1.92. The van der Waals surface area contributed by atoms with Gasteiger partial charge in [-0.25, -0.2) is 30.7 Å². The standard InChI is InChI=1S/C11H17FN4O5S2/c1-22(18,19)14-6-5-13-11(17)15-10-7-8(3-4-9(10)12)16-23(2,20)21/h3-4,7,14,16H,5-6H2,1-2H3,(H2,13,15,17). The Labute approximate surface area is 133 Å². The monoisotopic (exact) mass is 368 g/mol. The van der Waals surface area contributed by atoms with E-state index in [4.69, 9.17) is 0 Å². The molecule has 0 aliphatic heterocycles. The van der Waals surface area contributed by atoms with Crippen molar-refractivity contribution in [2.24, 2.45) is 0 Å². The van der Waals surface area contributed by atoms with Crippen molar-refractivity contribution in [3.8, 4) is 0 Å². The van der Waals surface area contributed by atoms with Crippen LogP contribution in [-0.2, 0) is 20.0 Å². The summed E-state index contributed by atoms with van der Waals surface area (Å²) in [6, 6.07) is 2.55. The highest BCUT2D eigenvalue weighted by molar-refractivity contribution is 7.92. The van der Waals surface area contributed by atoms with Crippen molar-refractivity contribution in [2.75, 3.05) is 35.6 Å². The van der Waals surface area contributed by atoms with Crippen LogP contribution < -0.4 is 20.1 Å². The van der Waals surface area contributed by atoms with Crippen LogP contribution in [-0.4, -0.2) is 48.5 Å². The number of rotatable bonds is 7. The molecule has 1 aromatic carbocycles. The minimum absolute atomic E-state index is 0.0121. The number of anilines is 2. The number of hydrogen-bond donors (Lipinski definition) is 4. The van der Waals surface area contributed by atoms with Crippen LogP contribution in [0.2, 0.25) is 0 Å². The zero-order chi connectivity index (χ0) is 17.7. The molecule has 0 heterocycles. The zero-order valence-electron chi connectivity index (χ0n) is 12.4. The Morgan fingerprint density at radius 1 is 1.09 bits per heavy atom. The molecule has 1 rings (SSSR count). The second kappa shape index (κ2) is 7.57. The van der Waals surface area contributed by atoms with E-state index >= 15 is 0 Å². The van der Waals surface area contributed by atoms with Gasteiger partial charge in [0.25, 0.3) is 0 Å². The first-order valence-corrected chi connectivity index (χ1v) is 10.0. The smallest absolute Gasteiger partial charge is 0.319 e. The van der Waals surface area contributed by atoms with E-state index in [1.807, 2.05) is 0 Å². The molecule has 0 radical (unpaired) electrons. The van der Waals surface area contributed by atoms with Crippen LogP contribution in [0.15, 0.2) is 18.2 Å². The molecule has 12 heteroatoms. The molecule has 1 aromatic rings. The highest BCUT2D eigenvalue weighted by atomic mass is 32.2. The Balaban J connectivity index is 2.62. The SMILES string of the molecule is CS(=O)(=O)NCCNC(=O)Nc1cc(NS(C)(=O)=O)ccc1F. The summed E-state index contributed by atoms with van der Waals surface area (Å²) in [4.78, 5) is 11.6. The number of halogens is 1. The second-order valence-electron chi connectivity index (χ2n) is 4.62. The molecule has 9 nitrogen and oxygen atoms in total. The summed E-state index contributed by atoms with van der Waals surface area (Å²) in [7, 11) is -6.89. The quantitative estimate of drug-likeness (QED) is 0.498. The summed E-state index contributed by atoms with van der Waals surface area (Å²) in [5.74, 6) is -0.756. The molecular weight excluding hydrogens is 351 g/mol. The zero-order valence-corrected chi connectivity index (χ0v) is 14.0. The molecule has 0 aliphatic carbocycles. The maximum Gasteiger partial charge on any atom is 0.319 e. The van der Waals surface area contributed by atoms with E-state index in [2.05, 4.69) is 20.1 Å². The first-order valence-electron chi connectivity index (χ1n) is 6.23. The minimum atomic E-state index is -3.53. The highest BCUT2D eigenvalue weighted by Crippen LogP contribution is 2.20. The molecule has 23 heavy (non-hydrogen) atoms. The van der Waals surface area contributed by atoms with Gasteiger partial charge in [-0.1, -0.05) is 0 Å². The molecule has 0 atom stereocenters. The van der Waals surface area contributed by atoms with E-state index in [1.54, 1.807) is 0 Å². The van der Waals surface area contributed by atoms with E-state index in [9.17, 15) is 26.0 Å². The summed E-state index contributed by atoms with van der Waals surface area (Å²) in [6.07, 6.45) is 1.91. The number of nitrogens with one attached hydrogen (secondary N) is 4. The second-order valence-corrected chi connectivity index (χ2v) is 8.20. The lowest BCUT2D eigenvalue weighted by molar-refractivity contribution is 0.252. The molecule has 130 valence electrons.